The highest BCUT2D eigenvalue weighted by molar-refractivity contribution is 5.61. The number of piperidine rings is 2. The van der Waals surface area contributed by atoms with Crippen LogP contribution in [0.25, 0.3) is 0 Å². The highest BCUT2D eigenvalue weighted by Crippen LogP contribution is 2.85. The third-order valence-corrected chi connectivity index (χ3v) is 11.8. The van der Waals surface area contributed by atoms with E-state index in [1.807, 2.05) is 6.07 Å². The van der Waals surface area contributed by atoms with Crippen LogP contribution in [0.15, 0.2) is 42.5 Å². The van der Waals surface area contributed by atoms with Crippen molar-refractivity contribution in [3.63, 3.8) is 0 Å². The molecule has 2 saturated heterocycles. The van der Waals surface area contributed by atoms with Gasteiger partial charge in [0.2, 0.25) is 0 Å². The Kier molecular flexibility index (Phi) is 4.59. The van der Waals surface area contributed by atoms with Crippen molar-refractivity contribution >= 4 is 0 Å². The largest absolute Gasteiger partial charge is 0.504 e. The number of aromatic hydroxyl groups is 1. The first-order valence-corrected chi connectivity index (χ1v) is 14.5. The number of hydrogen-bond donors (Lipinski definition) is 1. The fraction of sp³-hybridized carbons (Fsp3) is 0.625. The van der Waals surface area contributed by atoms with Crippen molar-refractivity contribution in [2.45, 2.75) is 69.5 Å². The molecule has 1 N–H and O–H groups in total. The molecule has 6 aliphatic rings. The van der Waals surface area contributed by atoms with E-state index in [0.29, 0.717) is 34.9 Å². The van der Waals surface area contributed by atoms with E-state index in [4.69, 9.17) is 4.74 Å². The molecule has 3 saturated carbocycles. The van der Waals surface area contributed by atoms with Crippen LogP contribution in [0.2, 0.25) is 0 Å². The maximum atomic E-state index is 11.7. The van der Waals surface area contributed by atoms with Crippen molar-refractivity contribution < 1.29 is 9.84 Å². The average molecular weight is 485 g/mol. The molecule has 2 aliphatic heterocycles. The number of benzene rings is 2. The van der Waals surface area contributed by atoms with Crippen LogP contribution in [-0.2, 0) is 18.4 Å². The fourth-order valence-corrected chi connectivity index (χ4v) is 10.7. The summed E-state index contributed by atoms with van der Waals surface area (Å²) >= 11 is 0. The maximum absolute atomic E-state index is 11.7. The van der Waals surface area contributed by atoms with Crippen molar-refractivity contribution in [2.75, 3.05) is 26.7 Å². The second kappa shape index (κ2) is 7.51. The number of fused-ring (bicyclic) bond motifs is 1. The van der Waals surface area contributed by atoms with E-state index in [1.165, 1.54) is 68.4 Å². The van der Waals surface area contributed by atoms with Crippen LogP contribution in [0.1, 0.15) is 55.7 Å². The summed E-state index contributed by atoms with van der Waals surface area (Å²) in [5.41, 5.74) is 4.59. The Labute approximate surface area is 215 Å². The number of ether oxygens (including phenoxy) is 1. The van der Waals surface area contributed by atoms with Gasteiger partial charge in [0.25, 0.3) is 0 Å². The molecular formula is C32H40N2O2. The second-order valence-electron chi connectivity index (χ2n) is 13.0. The molecule has 0 aromatic heterocycles. The maximum Gasteiger partial charge on any atom is 0.161 e. The predicted molar refractivity (Wildman–Crippen MR) is 141 cm³/mol. The first-order valence-electron chi connectivity index (χ1n) is 14.5. The Morgan fingerprint density at radius 2 is 1.89 bits per heavy atom. The minimum Gasteiger partial charge on any atom is -0.504 e. The summed E-state index contributed by atoms with van der Waals surface area (Å²) in [5, 5.41) is 11.7. The van der Waals surface area contributed by atoms with Crippen LogP contribution >= 0.6 is 0 Å². The number of rotatable bonds is 6. The van der Waals surface area contributed by atoms with Gasteiger partial charge in [0.05, 0.1) is 7.11 Å². The van der Waals surface area contributed by atoms with Crippen LogP contribution in [0.3, 0.4) is 0 Å². The van der Waals surface area contributed by atoms with Gasteiger partial charge in [0.1, 0.15) is 0 Å². The van der Waals surface area contributed by atoms with Gasteiger partial charge in [-0.15, -0.1) is 0 Å². The van der Waals surface area contributed by atoms with Crippen LogP contribution < -0.4 is 4.74 Å². The van der Waals surface area contributed by atoms with E-state index in [1.54, 1.807) is 7.11 Å². The second-order valence-corrected chi connectivity index (χ2v) is 13.0. The van der Waals surface area contributed by atoms with Gasteiger partial charge in [-0.25, -0.2) is 0 Å². The average Bonchev–Trinajstić information content (AvgIpc) is 3.69. The topological polar surface area (TPSA) is 35.9 Å². The van der Waals surface area contributed by atoms with Gasteiger partial charge in [-0.1, -0.05) is 43.3 Å². The SMILES string of the molecule is CCC1C2C3[C@@H](CN1Cc1ccccc1)CC31C3Cc4ccc(OC)c(O)c4C21CCN3CC1CC1. The molecule has 7 atom stereocenters. The number of methoxy groups -OCH3 is 1. The molecule has 0 radical (unpaired) electrons. The fourth-order valence-electron chi connectivity index (χ4n) is 10.7. The van der Waals surface area contributed by atoms with Crippen molar-refractivity contribution in [3.05, 3.63) is 59.2 Å². The van der Waals surface area contributed by atoms with Crippen LogP contribution in [-0.4, -0.2) is 53.7 Å². The molecule has 2 aromatic rings. The molecule has 8 rings (SSSR count). The molecule has 1 spiro atoms. The summed E-state index contributed by atoms with van der Waals surface area (Å²) in [6.45, 7) is 7.21. The normalized spacial score (nSPS) is 40.3. The third kappa shape index (κ3) is 2.53. The van der Waals surface area contributed by atoms with E-state index < -0.39 is 0 Å². The third-order valence-electron chi connectivity index (χ3n) is 11.8. The lowest BCUT2D eigenvalue weighted by atomic mass is 9.19. The summed E-state index contributed by atoms with van der Waals surface area (Å²) in [4.78, 5) is 5.75. The minimum absolute atomic E-state index is 0.0983. The Bertz CT molecular complexity index is 1190. The van der Waals surface area contributed by atoms with Gasteiger partial charge in [-0.2, -0.15) is 0 Å². The number of hydrogen-bond acceptors (Lipinski definition) is 4. The van der Waals surface area contributed by atoms with Gasteiger partial charge in [-0.3, -0.25) is 9.80 Å². The standard InChI is InChI=1S/C32H40N2O2/c1-3-24-29-27-23(19-34(24)18-20-7-5-4-6-8-20)16-32(27)26-15-22-11-12-25(36-2)30(35)28(22)31(29,32)13-14-33(26)17-21-9-10-21/h4-8,11-12,21,23-24,26-27,29,35H,3,9-10,13-19H2,1-2H3/t23-,24?,26?,27?,29?,31?,32?/m1/s1. The van der Waals surface area contributed by atoms with Crippen molar-refractivity contribution in [2.24, 2.45) is 29.1 Å². The number of phenolic OH excluding ortho intramolecular Hbond substituents is 1. The summed E-state index contributed by atoms with van der Waals surface area (Å²) in [6.07, 6.45) is 7.70. The predicted octanol–water partition coefficient (Wildman–Crippen LogP) is 5.23. The zero-order chi connectivity index (χ0) is 24.2. The monoisotopic (exact) mass is 484 g/mol. The van der Waals surface area contributed by atoms with Crippen molar-refractivity contribution in [1.82, 2.24) is 9.80 Å². The summed E-state index contributed by atoms with van der Waals surface area (Å²) in [7, 11) is 1.71. The lowest BCUT2D eigenvalue weighted by Gasteiger charge is -2.88. The van der Waals surface area contributed by atoms with Crippen LogP contribution in [0, 0.1) is 29.1 Å². The Hall–Kier alpha value is -2.04. The van der Waals surface area contributed by atoms with Crippen LogP contribution in [0.4, 0.5) is 0 Å². The van der Waals surface area contributed by atoms with Crippen molar-refractivity contribution in [1.29, 1.82) is 0 Å². The lowest BCUT2D eigenvalue weighted by Crippen LogP contribution is -2.90. The first-order chi connectivity index (χ1) is 17.6. The highest BCUT2D eigenvalue weighted by Gasteiger charge is 2.86. The molecule has 36 heavy (non-hydrogen) atoms. The zero-order valence-corrected chi connectivity index (χ0v) is 21.8. The molecule has 2 heterocycles. The minimum atomic E-state index is 0.0983. The highest BCUT2D eigenvalue weighted by atomic mass is 16.5. The quantitative estimate of drug-likeness (QED) is 0.609. The lowest BCUT2D eigenvalue weighted by molar-refractivity contribution is -0.354. The van der Waals surface area contributed by atoms with Gasteiger partial charge in [-0.05, 0) is 85.9 Å². The molecule has 0 amide bonds. The molecule has 2 bridgehead atoms. The van der Waals surface area contributed by atoms with Gasteiger partial charge < -0.3 is 9.84 Å². The smallest absolute Gasteiger partial charge is 0.161 e. The van der Waals surface area contributed by atoms with Gasteiger partial charge in [0, 0.05) is 48.1 Å². The van der Waals surface area contributed by atoms with Gasteiger partial charge in [0.15, 0.2) is 11.5 Å². The Balaban J connectivity index is 1.26. The molecular weight excluding hydrogens is 444 g/mol. The molecule has 4 aliphatic carbocycles. The number of nitrogens with zero attached hydrogens (tertiary/aromatic N) is 2. The summed E-state index contributed by atoms with van der Waals surface area (Å²) in [6, 6.07) is 16.6. The van der Waals surface area contributed by atoms with Crippen molar-refractivity contribution in [3.8, 4) is 11.5 Å². The summed E-state index contributed by atoms with van der Waals surface area (Å²) < 4.78 is 5.70. The molecule has 2 aromatic carbocycles. The molecule has 190 valence electrons. The number of phenols is 1. The van der Waals surface area contributed by atoms with Gasteiger partial charge >= 0.3 is 0 Å². The van der Waals surface area contributed by atoms with E-state index in [9.17, 15) is 5.11 Å². The number of likely N-dealkylation sites (tertiary alicyclic amines) is 2. The molecule has 6 unspecified atom stereocenters. The molecule has 5 fully saturated rings. The molecule has 4 nitrogen and oxygen atoms in total. The van der Waals surface area contributed by atoms with E-state index in [0.717, 1.165) is 30.7 Å². The molecule has 4 heteroatoms. The summed E-state index contributed by atoms with van der Waals surface area (Å²) in [5.74, 6) is 4.33. The zero-order valence-electron chi connectivity index (χ0n) is 21.8. The van der Waals surface area contributed by atoms with E-state index >= 15 is 0 Å². The Morgan fingerprint density at radius 1 is 1.06 bits per heavy atom. The van der Waals surface area contributed by atoms with Crippen LogP contribution in [0.5, 0.6) is 11.5 Å². The van der Waals surface area contributed by atoms with E-state index in [-0.39, 0.29) is 5.41 Å². The van der Waals surface area contributed by atoms with E-state index in [2.05, 4.69) is 53.1 Å². The first kappa shape index (κ1) is 22.0. The Morgan fingerprint density at radius 3 is 2.64 bits per heavy atom.